The molecular weight excluding hydrogens is 242 g/mol. The molecule has 0 saturated carbocycles. The SMILES string of the molecule is CC(C)(C)OCCOc1c(CN)oc2ccccc12. The second kappa shape index (κ2) is 5.63. The molecular formula is C15H21NO3. The first-order valence-corrected chi connectivity index (χ1v) is 6.48. The fourth-order valence-corrected chi connectivity index (χ4v) is 1.86. The van der Waals surface area contributed by atoms with Crippen molar-refractivity contribution in [2.45, 2.75) is 32.9 Å². The molecule has 4 heteroatoms. The zero-order chi connectivity index (χ0) is 13.9. The van der Waals surface area contributed by atoms with Crippen LogP contribution in [0.1, 0.15) is 26.5 Å². The number of ether oxygens (including phenoxy) is 2. The molecule has 1 aromatic heterocycles. The molecule has 0 amide bonds. The van der Waals surface area contributed by atoms with Gasteiger partial charge in [0.1, 0.15) is 12.2 Å². The Kier molecular flexibility index (Phi) is 4.12. The van der Waals surface area contributed by atoms with Gasteiger partial charge >= 0.3 is 0 Å². The molecule has 1 heterocycles. The van der Waals surface area contributed by atoms with Gasteiger partial charge in [0.15, 0.2) is 11.5 Å². The van der Waals surface area contributed by atoms with E-state index in [2.05, 4.69) is 0 Å². The van der Waals surface area contributed by atoms with Gasteiger partial charge in [-0.15, -0.1) is 0 Å². The molecule has 2 N–H and O–H groups in total. The van der Waals surface area contributed by atoms with Gasteiger partial charge in [-0.1, -0.05) is 12.1 Å². The number of rotatable bonds is 5. The van der Waals surface area contributed by atoms with Crippen LogP contribution in [-0.2, 0) is 11.3 Å². The highest BCUT2D eigenvalue weighted by Gasteiger charge is 2.15. The van der Waals surface area contributed by atoms with E-state index in [0.29, 0.717) is 25.5 Å². The van der Waals surface area contributed by atoms with Crippen molar-refractivity contribution >= 4 is 11.0 Å². The second-order valence-corrected chi connectivity index (χ2v) is 5.36. The fourth-order valence-electron chi connectivity index (χ4n) is 1.86. The van der Waals surface area contributed by atoms with E-state index < -0.39 is 0 Å². The Balaban J connectivity index is 2.07. The number of fused-ring (bicyclic) bond motifs is 1. The minimum absolute atomic E-state index is 0.154. The Morgan fingerprint density at radius 3 is 2.58 bits per heavy atom. The highest BCUT2D eigenvalue weighted by molar-refractivity contribution is 5.85. The average molecular weight is 263 g/mol. The Morgan fingerprint density at radius 1 is 1.16 bits per heavy atom. The summed E-state index contributed by atoms with van der Waals surface area (Å²) in [5, 5.41) is 0.957. The standard InChI is InChI=1S/C15H21NO3/c1-15(2,3)18-9-8-17-14-11-6-4-5-7-12(11)19-13(14)10-16/h4-7H,8-10,16H2,1-3H3. The first-order valence-electron chi connectivity index (χ1n) is 6.48. The van der Waals surface area contributed by atoms with Crippen LogP contribution in [0.25, 0.3) is 11.0 Å². The van der Waals surface area contributed by atoms with E-state index in [1.54, 1.807) is 0 Å². The van der Waals surface area contributed by atoms with Crippen molar-refractivity contribution in [1.82, 2.24) is 0 Å². The number of furan rings is 1. The van der Waals surface area contributed by atoms with Gasteiger partial charge in [-0.2, -0.15) is 0 Å². The zero-order valence-electron chi connectivity index (χ0n) is 11.7. The highest BCUT2D eigenvalue weighted by Crippen LogP contribution is 2.32. The van der Waals surface area contributed by atoms with Crippen molar-refractivity contribution in [3.63, 3.8) is 0 Å². The predicted molar refractivity (Wildman–Crippen MR) is 75.3 cm³/mol. The normalized spacial score (nSPS) is 12.0. The van der Waals surface area contributed by atoms with Crippen LogP contribution >= 0.6 is 0 Å². The highest BCUT2D eigenvalue weighted by atomic mass is 16.5. The quantitative estimate of drug-likeness (QED) is 0.842. The summed E-state index contributed by atoms with van der Waals surface area (Å²) < 4.78 is 17.1. The molecule has 0 unspecified atom stereocenters. The Hall–Kier alpha value is -1.52. The lowest BCUT2D eigenvalue weighted by molar-refractivity contribution is -0.0163. The monoisotopic (exact) mass is 263 g/mol. The van der Waals surface area contributed by atoms with Gasteiger partial charge < -0.3 is 19.6 Å². The van der Waals surface area contributed by atoms with Crippen LogP contribution in [0.3, 0.4) is 0 Å². The molecule has 0 radical (unpaired) electrons. The minimum Gasteiger partial charge on any atom is -0.487 e. The predicted octanol–water partition coefficient (Wildman–Crippen LogP) is 3.09. The van der Waals surface area contributed by atoms with Crippen LogP contribution in [0, 0.1) is 0 Å². The number of hydrogen-bond acceptors (Lipinski definition) is 4. The topological polar surface area (TPSA) is 57.6 Å². The Labute approximate surface area is 113 Å². The molecule has 2 aromatic rings. The molecule has 4 nitrogen and oxygen atoms in total. The molecule has 0 spiro atoms. The molecule has 1 aromatic carbocycles. The van der Waals surface area contributed by atoms with E-state index in [1.807, 2.05) is 45.0 Å². The van der Waals surface area contributed by atoms with Crippen LogP contribution in [0.5, 0.6) is 5.75 Å². The summed E-state index contributed by atoms with van der Waals surface area (Å²) in [6.45, 7) is 7.40. The summed E-state index contributed by atoms with van der Waals surface area (Å²) in [4.78, 5) is 0. The van der Waals surface area contributed by atoms with Gasteiger partial charge in [0, 0.05) is 0 Å². The molecule has 104 valence electrons. The van der Waals surface area contributed by atoms with Crippen molar-refractivity contribution in [1.29, 1.82) is 0 Å². The lowest BCUT2D eigenvalue weighted by Crippen LogP contribution is -2.22. The molecule has 19 heavy (non-hydrogen) atoms. The minimum atomic E-state index is -0.154. The maximum absolute atomic E-state index is 5.78. The Morgan fingerprint density at radius 2 is 1.89 bits per heavy atom. The third-order valence-electron chi connectivity index (χ3n) is 2.67. The van der Waals surface area contributed by atoms with Gasteiger partial charge in [-0.05, 0) is 32.9 Å². The van der Waals surface area contributed by atoms with Crippen molar-refractivity contribution in [2.75, 3.05) is 13.2 Å². The lowest BCUT2D eigenvalue weighted by Gasteiger charge is -2.19. The second-order valence-electron chi connectivity index (χ2n) is 5.36. The van der Waals surface area contributed by atoms with Crippen LogP contribution in [0.2, 0.25) is 0 Å². The third kappa shape index (κ3) is 3.49. The first-order chi connectivity index (χ1) is 9.01. The van der Waals surface area contributed by atoms with E-state index >= 15 is 0 Å². The molecule has 0 bridgehead atoms. The number of hydrogen-bond donors (Lipinski definition) is 1. The fraction of sp³-hybridized carbons (Fsp3) is 0.467. The van der Waals surface area contributed by atoms with Crippen molar-refractivity contribution < 1.29 is 13.9 Å². The summed E-state index contributed by atoms with van der Waals surface area (Å²) in [5.41, 5.74) is 6.33. The van der Waals surface area contributed by atoms with Gasteiger partial charge in [0.2, 0.25) is 0 Å². The maximum atomic E-state index is 5.78. The molecule has 0 aliphatic carbocycles. The van der Waals surface area contributed by atoms with E-state index in [0.717, 1.165) is 16.7 Å². The van der Waals surface area contributed by atoms with Crippen LogP contribution in [0.4, 0.5) is 0 Å². The van der Waals surface area contributed by atoms with E-state index in [9.17, 15) is 0 Å². The summed E-state index contributed by atoms with van der Waals surface area (Å²) in [5.74, 6) is 1.41. The summed E-state index contributed by atoms with van der Waals surface area (Å²) in [6, 6.07) is 7.76. The van der Waals surface area contributed by atoms with Crippen molar-refractivity contribution in [2.24, 2.45) is 5.73 Å². The van der Waals surface area contributed by atoms with Crippen LogP contribution < -0.4 is 10.5 Å². The first kappa shape index (κ1) is 13.9. The zero-order valence-corrected chi connectivity index (χ0v) is 11.7. The summed E-state index contributed by atoms with van der Waals surface area (Å²) in [7, 11) is 0. The van der Waals surface area contributed by atoms with Gasteiger partial charge in [0.25, 0.3) is 0 Å². The maximum Gasteiger partial charge on any atom is 0.169 e. The van der Waals surface area contributed by atoms with E-state index in [1.165, 1.54) is 0 Å². The third-order valence-corrected chi connectivity index (χ3v) is 2.67. The number of benzene rings is 1. The largest absolute Gasteiger partial charge is 0.487 e. The van der Waals surface area contributed by atoms with Crippen LogP contribution in [0.15, 0.2) is 28.7 Å². The molecule has 0 atom stereocenters. The molecule has 0 fully saturated rings. The van der Waals surface area contributed by atoms with Crippen molar-refractivity contribution in [3.05, 3.63) is 30.0 Å². The molecule has 0 aliphatic rings. The summed E-state index contributed by atoms with van der Waals surface area (Å²) >= 11 is 0. The van der Waals surface area contributed by atoms with E-state index in [4.69, 9.17) is 19.6 Å². The molecule has 0 saturated heterocycles. The average Bonchev–Trinajstić information content (AvgIpc) is 2.71. The van der Waals surface area contributed by atoms with Gasteiger partial charge in [0.05, 0.1) is 24.1 Å². The molecule has 2 rings (SSSR count). The lowest BCUT2D eigenvalue weighted by atomic mass is 10.2. The summed E-state index contributed by atoms with van der Waals surface area (Å²) in [6.07, 6.45) is 0. The van der Waals surface area contributed by atoms with Crippen molar-refractivity contribution in [3.8, 4) is 5.75 Å². The molecule has 0 aliphatic heterocycles. The number of para-hydroxylation sites is 1. The number of nitrogens with two attached hydrogens (primary N) is 1. The Bertz CT molecular complexity index is 540. The van der Waals surface area contributed by atoms with Gasteiger partial charge in [-0.25, -0.2) is 0 Å². The van der Waals surface area contributed by atoms with Crippen LogP contribution in [-0.4, -0.2) is 18.8 Å². The van der Waals surface area contributed by atoms with E-state index in [-0.39, 0.29) is 5.60 Å². The smallest absolute Gasteiger partial charge is 0.169 e. The van der Waals surface area contributed by atoms with Gasteiger partial charge in [-0.3, -0.25) is 0 Å².